The van der Waals surface area contributed by atoms with Crippen LogP contribution in [0.2, 0.25) is 0 Å². The molecule has 29 heavy (non-hydrogen) atoms. The first-order valence-electron chi connectivity index (χ1n) is 9.93. The fourth-order valence-corrected chi connectivity index (χ4v) is 3.87. The van der Waals surface area contributed by atoms with E-state index < -0.39 is 0 Å². The number of rotatable bonds is 5. The summed E-state index contributed by atoms with van der Waals surface area (Å²) < 4.78 is 25.7. The summed E-state index contributed by atoms with van der Waals surface area (Å²) in [5.74, 6) is 1.42. The minimum Gasteiger partial charge on any atom is -0.454 e. The molecular formula is C22H23FN4O2. The van der Waals surface area contributed by atoms with Crippen molar-refractivity contribution < 1.29 is 13.9 Å². The predicted molar refractivity (Wildman–Crippen MR) is 108 cm³/mol. The van der Waals surface area contributed by atoms with E-state index in [4.69, 9.17) is 9.47 Å². The lowest BCUT2D eigenvalue weighted by atomic mass is 10.0. The second kappa shape index (κ2) is 7.75. The van der Waals surface area contributed by atoms with Crippen molar-refractivity contribution in [1.29, 1.82) is 0 Å². The zero-order chi connectivity index (χ0) is 19.6. The molecular weight excluding hydrogens is 371 g/mol. The molecule has 0 amide bonds. The van der Waals surface area contributed by atoms with Crippen LogP contribution in [0.4, 0.5) is 10.1 Å². The van der Waals surface area contributed by atoms with Crippen LogP contribution in [0, 0.1) is 5.82 Å². The summed E-state index contributed by atoms with van der Waals surface area (Å²) in [5, 5.41) is 8.20. The van der Waals surface area contributed by atoms with Crippen LogP contribution in [0.5, 0.6) is 11.5 Å². The van der Waals surface area contributed by atoms with Crippen molar-refractivity contribution in [3.05, 3.63) is 66.2 Å². The quantitative estimate of drug-likeness (QED) is 0.718. The monoisotopic (exact) mass is 394 g/mol. The van der Waals surface area contributed by atoms with Crippen molar-refractivity contribution >= 4 is 5.69 Å². The molecule has 3 heterocycles. The Labute approximate surface area is 168 Å². The highest BCUT2D eigenvalue weighted by molar-refractivity contribution is 5.57. The summed E-state index contributed by atoms with van der Waals surface area (Å²) >= 11 is 0. The van der Waals surface area contributed by atoms with Crippen molar-refractivity contribution in [2.45, 2.75) is 25.4 Å². The molecule has 0 saturated carbocycles. The minimum atomic E-state index is -0.241. The summed E-state index contributed by atoms with van der Waals surface area (Å²) in [7, 11) is 0. The molecule has 1 aromatic heterocycles. The molecule has 2 aliphatic heterocycles. The third-order valence-corrected chi connectivity index (χ3v) is 5.52. The highest BCUT2D eigenvalue weighted by Crippen LogP contribution is 2.36. The molecule has 0 atom stereocenters. The zero-order valence-electron chi connectivity index (χ0n) is 16.1. The Kier molecular flexibility index (Phi) is 4.81. The van der Waals surface area contributed by atoms with Gasteiger partial charge in [-0.25, -0.2) is 9.07 Å². The number of benzene rings is 2. The first-order chi connectivity index (χ1) is 14.2. The van der Waals surface area contributed by atoms with Gasteiger partial charge in [-0.15, -0.1) is 0 Å². The maximum atomic E-state index is 13.1. The van der Waals surface area contributed by atoms with Gasteiger partial charge >= 0.3 is 0 Å². The van der Waals surface area contributed by atoms with E-state index in [1.54, 1.807) is 16.8 Å². The topological polar surface area (TPSA) is 51.6 Å². The molecule has 0 spiro atoms. The van der Waals surface area contributed by atoms with Crippen LogP contribution >= 0.6 is 0 Å². The number of halogens is 1. The Hall–Kier alpha value is -3.06. The van der Waals surface area contributed by atoms with Gasteiger partial charge in [-0.2, -0.15) is 5.10 Å². The normalized spacial score (nSPS) is 16.4. The van der Waals surface area contributed by atoms with E-state index in [9.17, 15) is 4.39 Å². The van der Waals surface area contributed by atoms with Gasteiger partial charge in [-0.3, -0.25) is 0 Å². The molecule has 2 aliphatic rings. The molecule has 0 aliphatic carbocycles. The molecule has 1 N–H and O–H groups in total. The van der Waals surface area contributed by atoms with Crippen molar-refractivity contribution in [3.63, 3.8) is 0 Å². The lowest BCUT2D eigenvalue weighted by molar-refractivity contribution is 0.174. The van der Waals surface area contributed by atoms with Crippen LogP contribution in [0.25, 0.3) is 5.69 Å². The summed E-state index contributed by atoms with van der Waals surface area (Å²) in [6.07, 6.45) is 4.06. The van der Waals surface area contributed by atoms with Gasteiger partial charge in [-0.1, -0.05) is 0 Å². The van der Waals surface area contributed by atoms with E-state index >= 15 is 0 Å². The first-order valence-corrected chi connectivity index (χ1v) is 9.93. The Balaban J connectivity index is 1.13. The molecule has 5 rings (SSSR count). The van der Waals surface area contributed by atoms with E-state index in [0.717, 1.165) is 55.4 Å². The van der Waals surface area contributed by atoms with E-state index in [0.29, 0.717) is 12.8 Å². The van der Waals surface area contributed by atoms with Gasteiger partial charge in [0.15, 0.2) is 11.5 Å². The number of nitrogens with one attached hydrogen (secondary N) is 1. The van der Waals surface area contributed by atoms with Gasteiger partial charge in [0.1, 0.15) is 5.82 Å². The van der Waals surface area contributed by atoms with Gasteiger partial charge in [0.2, 0.25) is 6.79 Å². The summed E-state index contributed by atoms with van der Waals surface area (Å²) in [6, 6.07) is 15.0. The van der Waals surface area contributed by atoms with E-state index in [2.05, 4.69) is 27.4 Å². The number of fused-ring (bicyclic) bond motifs is 1. The van der Waals surface area contributed by atoms with E-state index in [1.165, 1.54) is 17.8 Å². The van der Waals surface area contributed by atoms with Crippen molar-refractivity contribution in [2.24, 2.45) is 0 Å². The lowest BCUT2D eigenvalue weighted by Gasteiger charge is -2.34. The average molecular weight is 394 g/mol. The van der Waals surface area contributed by atoms with Crippen LogP contribution in [-0.4, -0.2) is 35.7 Å². The van der Waals surface area contributed by atoms with E-state index in [1.807, 2.05) is 18.3 Å². The fourth-order valence-electron chi connectivity index (χ4n) is 3.87. The number of hydrogen-bond donors (Lipinski definition) is 1. The predicted octanol–water partition coefficient (Wildman–Crippen LogP) is 3.50. The van der Waals surface area contributed by atoms with Crippen molar-refractivity contribution in [1.82, 2.24) is 15.1 Å². The second-order valence-corrected chi connectivity index (χ2v) is 7.41. The minimum absolute atomic E-state index is 0.241. The van der Waals surface area contributed by atoms with Gasteiger partial charge in [0.25, 0.3) is 0 Å². The van der Waals surface area contributed by atoms with Crippen LogP contribution in [0.3, 0.4) is 0 Å². The van der Waals surface area contributed by atoms with Gasteiger partial charge in [-0.05, 0) is 55.3 Å². The second-order valence-electron chi connectivity index (χ2n) is 7.41. The summed E-state index contributed by atoms with van der Waals surface area (Å²) in [6.45, 7) is 3.03. The number of nitrogens with zero attached hydrogens (tertiary/aromatic N) is 3. The van der Waals surface area contributed by atoms with Crippen LogP contribution in [0.15, 0.2) is 54.7 Å². The maximum absolute atomic E-state index is 13.1. The third-order valence-electron chi connectivity index (χ3n) is 5.52. The molecule has 2 aromatic carbocycles. The molecule has 0 bridgehead atoms. The summed E-state index contributed by atoms with van der Waals surface area (Å²) in [4.78, 5) is 2.39. The van der Waals surface area contributed by atoms with Crippen LogP contribution in [-0.2, 0) is 6.54 Å². The SMILES string of the molecule is Fc1ccc(-n2ccc(CNC3CCN(c4ccc5c(c4)OCO5)CC3)n2)cc1. The summed E-state index contributed by atoms with van der Waals surface area (Å²) in [5.41, 5.74) is 3.02. The van der Waals surface area contributed by atoms with Crippen molar-refractivity contribution in [2.75, 3.05) is 24.8 Å². The Morgan fingerprint density at radius 1 is 0.966 bits per heavy atom. The number of anilines is 1. The number of aromatic nitrogens is 2. The van der Waals surface area contributed by atoms with Crippen LogP contribution in [0.1, 0.15) is 18.5 Å². The Morgan fingerprint density at radius 3 is 2.55 bits per heavy atom. The standard InChI is InChI=1S/C22H23FN4O2/c23-16-1-3-19(4-2-16)27-12-9-18(25-27)14-24-17-7-10-26(11-8-17)20-5-6-21-22(13-20)29-15-28-21/h1-6,9,12-13,17,24H,7-8,10-11,14-15H2. The van der Waals surface area contributed by atoms with Gasteiger partial charge < -0.3 is 19.7 Å². The Bertz CT molecular complexity index is 981. The molecule has 0 unspecified atom stereocenters. The smallest absolute Gasteiger partial charge is 0.231 e. The van der Waals surface area contributed by atoms with Crippen molar-refractivity contribution in [3.8, 4) is 17.2 Å². The molecule has 1 saturated heterocycles. The van der Waals surface area contributed by atoms with E-state index in [-0.39, 0.29) is 5.82 Å². The highest BCUT2D eigenvalue weighted by Gasteiger charge is 2.21. The zero-order valence-corrected chi connectivity index (χ0v) is 16.1. The third kappa shape index (κ3) is 3.91. The molecule has 3 aromatic rings. The molecule has 1 fully saturated rings. The highest BCUT2D eigenvalue weighted by atomic mass is 19.1. The van der Waals surface area contributed by atoms with Crippen LogP contribution < -0.4 is 19.7 Å². The fraction of sp³-hybridized carbons (Fsp3) is 0.318. The number of piperidine rings is 1. The molecule has 0 radical (unpaired) electrons. The molecule has 7 heteroatoms. The number of hydrogen-bond acceptors (Lipinski definition) is 5. The molecule has 150 valence electrons. The molecule has 6 nitrogen and oxygen atoms in total. The average Bonchev–Trinajstić information content (AvgIpc) is 3.42. The van der Waals surface area contributed by atoms with Gasteiger partial charge in [0.05, 0.1) is 11.4 Å². The Morgan fingerprint density at radius 2 is 1.72 bits per heavy atom. The first kappa shape index (κ1) is 18.0. The van der Waals surface area contributed by atoms with Gasteiger partial charge in [0, 0.05) is 43.6 Å². The largest absolute Gasteiger partial charge is 0.454 e. The number of ether oxygens (including phenoxy) is 2. The maximum Gasteiger partial charge on any atom is 0.231 e. The lowest BCUT2D eigenvalue weighted by Crippen LogP contribution is -2.42.